The summed E-state index contributed by atoms with van der Waals surface area (Å²) in [5.74, 6) is 0.438. The quantitative estimate of drug-likeness (QED) is 0.835. The number of benzene rings is 1. The summed E-state index contributed by atoms with van der Waals surface area (Å²) >= 11 is 0. The Morgan fingerprint density at radius 1 is 1.17 bits per heavy atom. The number of carbonyl (C=O) groups excluding carboxylic acids is 1. The molecular formula is C24H36N2O3. The second-order valence-corrected chi connectivity index (χ2v) is 10.2. The summed E-state index contributed by atoms with van der Waals surface area (Å²) in [6.07, 6.45) is 5.20. The van der Waals surface area contributed by atoms with Crippen molar-refractivity contribution in [2.24, 2.45) is 11.8 Å². The first-order valence-corrected chi connectivity index (χ1v) is 11.3. The van der Waals surface area contributed by atoms with Crippen LogP contribution in [-0.4, -0.2) is 59.3 Å². The molecule has 3 fully saturated rings. The molecule has 1 aliphatic carbocycles. The number of hydrogen-bond acceptors (Lipinski definition) is 4. The van der Waals surface area contributed by atoms with Gasteiger partial charge in [0, 0.05) is 25.6 Å². The highest BCUT2D eigenvalue weighted by Crippen LogP contribution is 2.50. The third kappa shape index (κ3) is 4.46. The number of nitrogens with zero attached hydrogens (tertiary/aromatic N) is 2. The maximum Gasteiger partial charge on any atom is 0.410 e. The minimum absolute atomic E-state index is 0.0884. The molecule has 3 aliphatic rings. The summed E-state index contributed by atoms with van der Waals surface area (Å²) < 4.78 is 5.55. The number of likely N-dealkylation sites (tertiary alicyclic amines) is 2. The average Bonchev–Trinajstić information content (AvgIpc) is 3.38. The smallest absolute Gasteiger partial charge is 0.410 e. The molecule has 0 aromatic heterocycles. The van der Waals surface area contributed by atoms with Crippen LogP contribution in [0.25, 0.3) is 0 Å². The molecule has 3 unspecified atom stereocenters. The van der Waals surface area contributed by atoms with Gasteiger partial charge in [0.25, 0.3) is 0 Å². The molecule has 3 atom stereocenters. The number of amides is 1. The van der Waals surface area contributed by atoms with Crippen LogP contribution < -0.4 is 0 Å². The molecule has 2 saturated heterocycles. The van der Waals surface area contributed by atoms with Gasteiger partial charge in [0.05, 0.1) is 5.60 Å². The van der Waals surface area contributed by atoms with Crippen molar-refractivity contribution in [1.82, 2.24) is 9.80 Å². The Morgan fingerprint density at radius 3 is 2.52 bits per heavy atom. The van der Waals surface area contributed by atoms with E-state index in [9.17, 15) is 9.90 Å². The summed E-state index contributed by atoms with van der Waals surface area (Å²) in [4.78, 5) is 16.8. The molecule has 0 bridgehead atoms. The summed E-state index contributed by atoms with van der Waals surface area (Å²) in [5.41, 5.74) is 1.01. The molecular weight excluding hydrogens is 364 g/mol. The van der Waals surface area contributed by atoms with Crippen molar-refractivity contribution in [2.75, 3.05) is 32.7 Å². The van der Waals surface area contributed by atoms with E-state index in [-0.39, 0.29) is 12.0 Å². The number of rotatable bonds is 4. The molecule has 0 spiro atoms. The number of ether oxygens (including phenoxy) is 1. The molecule has 2 heterocycles. The van der Waals surface area contributed by atoms with Gasteiger partial charge >= 0.3 is 6.09 Å². The normalized spacial score (nSPS) is 30.0. The minimum Gasteiger partial charge on any atom is -0.444 e. The van der Waals surface area contributed by atoms with Crippen molar-refractivity contribution in [3.63, 3.8) is 0 Å². The van der Waals surface area contributed by atoms with Crippen molar-refractivity contribution in [3.8, 4) is 0 Å². The third-order valence-corrected chi connectivity index (χ3v) is 6.97. The molecule has 29 heavy (non-hydrogen) atoms. The lowest BCUT2D eigenvalue weighted by Crippen LogP contribution is -2.38. The van der Waals surface area contributed by atoms with Crippen molar-refractivity contribution in [1.29, 1.82) is 0 Å². The monoisotopic (exact) mass is 400 g/mol. The van der Waals surface area contributed by atoms with E-state index in [1.165, 1.54) is 31.5 Å². The van der Waals surface area contributed by atoms with Crippen LogP contribution in [0.2, 0.25) is 0 Å². The van der Waals surface area contributed by atoms with Crippen molar-refractivity contribution < 1.29 is 14.6 Å². The molecule has 4 rings (SSSR count). The predicted octanol–water partition coefficient (Wildman–Crippen LogP) is 3.79. The summed E-state index contributed by atoms with van der Waals surface area (Å²) in [6, 6.07) is 8.57. The van der Waals surface area contributed by atoms with E-state index < -0.39 is 11.2 Å². The van der Waals surface area contributed by atoms with E-state index in [2.05, 4.69) is 29.2 Å². The van der Waals surface area contributed by atoms with E-state index in [0.29, 0.717) is 19.0 Å². The van der Waals surface area contributed by atoms with Gasteiger partial charge in [0.1, 0.15) is 5.60 Å². The fourth-order valence-electron chi connectivity index (χ4n) is 5.38. The van der Waals surface area contributed by atoms with Crippen molar-refractivity contribution in [3.05, 3.63) is 35.4 Å². The molecule has 1 aromatic rings. The first kappa shape index (κ1) is 20.7. The summed E-state index contributed by atoms with van der Waals surface area (Å²) in [5, 5.41) is 11.6. The maximum atomic E-state index is 12.5. The number of carbonyl (C=O) groups is 1. The lowest BCUT2D eigenvalue weighted by Gasteiger charge is -2.31. The van der Waals surface area contributed by atoms with Crippen LogP contribution in [0, 0.1) is 11.8 Å². The Morgan fingerprint density at radius 2 is 1.86 bits per heavy atom. The zero-order chi connectivity index (χ0) is 20.6. The Bertz CT molecular complexity index is 721. The zero-order valence-corrected chi connectivity index (χ0v) is 18.2. The van der Waals surface area contributed by atoms with Gasteiger partial charge in [-0.15, -0.1) is 0 Å². The van der Waals surface area contributed by atoms with Crippen LogP contribution in [0.1, 0.15) is 57.6 Å². The molecule has 160 valence electrons. The molecule has 2 aliphatic heterocycles. The standard InChI is InChI=1S/C24H36N2O3/c1-23(2,3)29-22(27)26-16-19-10-12-24(28,21(19)17-26)20-8-6-18(7-9-20)11-15-25-13-4-5-14-25/h6-9,19,21,28H,4-5,10-17H2,1-3H3. The highest BCUT2D eigenvalue weighted by Gasteiger charge is 2.53. The second kappa shape index (κ2) is 7.92. The Labute approximate surface area is 175 Å². The Hall–Kier alpha value is -1.59. The molecule has 1 N–H and O–H groups in total. The summed E-state index contributed by atoms with van der Waals surface area (Å²) in [7, 11) is 0. The van der Waals surface area contributed by atoms with Gasteiger partial charge in [-0.05, 0) is 83.0 Å². The van der Waals surface area contributed by atoms with Gasteiger partial charge in [-0.1, -0.05) is 24.3 Å². The Balaban J connectivity index is 1.39. The van der Waals surface area contributed by atoms with E-state index in [4.69, 9.17) is 4.74 Å². The molecule has 0 radical (unpaired) electrons. The predicted molar refractivity (Wildman–Crippen MR) is 114 cm³/mol. The second-order valence-electron chi connectivity index (χ2n) is 10.2. The number of fused-ring (bicyclic) bond motifs is 1. The molecule has 1 aromatic carbocycles. The molecule has 5 nitrogen and oxygen atoms in total. The van der Waals surface area contributed by atoms with Crippen LogP contribution >= 0.6 is 0 Å². The lowest BCUT2D eigenvalue weighted by molar-refractivity contribution is -0.0102. The lowest BCUT2D eigenvalue weighted by atomic mass is 9.82. The highest BCUT2D eigenvalue weighted by molar-refractivity contribution is 5.68. The van der Waals surface area contributed by atoms with Gasteiger partial charge in [-0.3, -0.25) is 0 Å². The fraction of sp³-hybridized carbons (Fsp3) is 0.708. The van der Waals surface area contributed by atoms with Crippen molar-refractivity contribution >= 4 is 6.09 Å². The number of aliphatic hydroxyl groups is 1. The number of hydrogen-bond donors (Lipinski definition) is 1. The van der Waals surface area contributed by atoms with Crippen LogP contribution in [0.3, 0.4) is 0 Å². The average molecular weight is 401 g/mol. The molecule has 5 heteroatoms. The zero-order valence-electron chi connectivity index (χ0n) is 18.2. The van der Waals surface area contributed by atoms with Gasteiger partial charge < -0.3 is 19.6 Å². The van der Waals surface area contributed by atoms with Gasteiger partial charge in [-0.2, -0.15) is 0 Å². The van der Waals surface area contributed by atoms with Crippen LogP contribution in [0.15, 0.2) is 24.3 Å². The minimum atomic E-state index is -0.838. The van der Waals surface area contributed by atoms with Gasteiger partial charge in [0.2, 0.25) is 0 Å². The first-order valence-electron chi connectivity index (χ1n) is 11.3. The first-order chi connectivity index (χ1) is 13.7. The van der Waals surface area contributed by atoms with Crippen LogP contribution in [-0.2, 0) is 16.8 Å². The van der Waals surface area contributed by atoms with E-state index in [0.717, 1.165) is 31.4 Å². The van der Waals surface area contributed by atoms with E-state index in [1.54, 1.807) is 4.90 Å². The maximum absolute atomic E-state index is 12.5. The fourth-order valence-corrected chi connectivity index (χ4v) is 5.38. The van der Waals surface area contributed by atoms with Gasteiger partial charge in [-0.25, -0.2) is 4.79 Å². The van der Waals surface area contributed by atoms with Crippen molar-refractivity contribution in [2.45, 2.75) is 64.1 Å². The molecule has 1 saturated carbocycles. The SMILES string of the molecule is CC(C)(C)OC(=O)N1CC2CCC(O)(c3ccc(CCN4CCCC4)cc3)C2C1. The van der Waals surface area contributed by atoms with E-state index in [1.807, 2.05) is 20.8 Å². The van der Waals surface area contributed by atoms with Crippen LogP contribution in [0.5, 0.6) is 0 Å². The third-order valence-electron chi connectivity index (χ3n) is 6.97. The Kier molecular flexibility index (Phi) is 5.64. The molecule has 1 amide bonds. The van der Waals surface area contributed by atoms with Crippen LogP contribution in [0.4, 0.5) is 4.79 Å². The topological polar surface area (TPSA) is 53.0 Å². The van der Waals surface area contributed by atoms with E-state index >= 15 is 0 Å². The van der Waals surface area contributed by atoms with Gasteiger partial charge in [0.15, 0.2) is 0 Å². The summed E-state index contributed by atoms with van der Waals surface area (Å²) in [6.45, 7) is 10.5. The largest absolute Gasteiger partial charge is 0.444 e. The highest BCUT2D eigenvalue weighted by atomic mass is 16.6.